The van der Waals surface area contributed by atoms with E-state index < -0.39 is 5.97 Å². The van der Waals surface area contributed by atoms with Crippen molar-refractivity contribution in [2.24, 2.45) is 0 Å². The van der Waals surface area contributed by atoms with E-state index in [-0.39, 0.29) is 24.1 Å². The smallest absolute Gasteiger partial charge is 0.342 e. The number of carbonyl (C=O) groups excluding carboxylic acids is 2. The van der Waals surface area contributed by atoms with E-state index in [9.17, 15) is 9.59 Å². The lowest BCUT2D eigenvalue weighted by atomic mass is 10.1. The van der Waals surface area contributed by atoms with E-state index in [1.807, 2.05) is 25.1 Å². The number of rotatable bonds is 9. The van der Waals surface area contributed by atoms with Crippen molar-refractivity contribution in [2.75, 3.05) is 20.8 Å². The van der Waals surface area contributed by atoms with Crippen molar-refractivity contribution < 1.29 is 23.8 Å². The van der Waals surface area contributed by atoms with Gasteiger partial charge in [-0.05, 0) is 37.5 Å². The molecular formula is C21H25NO5. The van der Waals surface area contributed by atoms with Crippen LogP contribution in [0.25, 0.3) is 0 Å². The second kappa shape index (κ2) is 10.2. The van der Waals surface area contributed by atoms with Crippen molar-refractivity contribution in [3.05, 3.63) is 59.7 Å². The van der Waals surface area contributed by atoms with Gasteiger partial charge < -0.3 is 19.5 Å². The number of nitrogens with one attached hydrogen (secondary N) is 1. The molecule has 1 amide bonds. The molecule has 0 saturated carbocycles. The number of amides is 1. The molecule has 0 spiro atoms. The lowest BCUT2D eigenvalue weighted by Crippen LogP contribution is -2.36. The first-order chi connectivity index (χ1) is 13.0. The molecule has 0 heterocycles. The highest BCUT2D eigenvalue weighted by atomic mass is 16.5. The third-order valence-corrected chi connectivity index (χ3v) is 4.08. The summed E-state index contributed by atoms with van der Waals surface area (Å²) < 4.78 is 15.4. The van der Waals surface area contributed by atoms with Crippen LogP contribution in [0.15, 0.2) is 48.5 Å². The molecule has 0 radical (unpaired) electrons. The number of aryl methyl sites for hydroxylation is 1. The predicted molar refractivity (Wildman–Crippen MR) is 102 cm³/mol. The van der Waals surface area contributed by atoms with Crippen molar-refractivity contribution in [2.45, 2.75) is 25.8 Å². The molecule has 0 aromatic heterocycles. The monoisotopic (exact) mass is 371 g/mol. The number of methoxy groups -OCH3 is 2. The fraction of sp³-hybridized carbons (Fsp3) is 0.333. The zero-order valence-electron chi connectivity index (χ0n) is 15.9. The fourth-order valence-corrected chi connectivity index (χ4v) is 2.59. The first-order valence-electron chi connectivity index (χ1n) is 8.76. The van der Waals surface area contributed by atoms with E-state index in [4.69, 9.17) is 14.2 Å². The van der Waals surface area contributed by atoms with Crippen LogP contribution < -0.4 is 14.8 Å². The van der Waals surface area contributed by atoms with Crippen molar-refractivity contribution in [1.29, 1.82) is 0 Å². The number of ether oxygens (including phenoxy) is 3. The normalized spacial score (nSPS) is 11.4. The summed E-state index contributed by atoms with van der Waals surface area (Å²) in [5, 5.41) is 2.84. The summed E-state index contributed by atoms with van der Waals surface area (Å²) >= 11 is 0. The summed E-state index contributed by atoms with van der Waals surface area (Å²) in [5.41, 5.74) is 1.46. The van der Waals surface area contributed by atoms with Gasteiger partial charge in [-0.2, -0.15) is 0 Å². The lowest BCUT2D eigenvalue weighted by Gasteiger charge is -2.14. The molecule has 2 aromatic rings. The van der Waals surface area contributed by atoms with E-state index in [0.29, 0.717) is 11.5 Å². The van der Waals surface area contributed by atoms with E-state index in [2.05, 4.69) is 17.4 Å². The van der Waals surface area contributed by atoms with E-state index >= 15 is 0 Å². The van der Waals surface area contributed by atoms with Gasteiger partial charge in [0.25, 0.3) is 5.91 Å². The molecule has 6 nitrogen and oxygen atoms in total. The van der Waals surface area contributed by atoms with Crippen LogP contribution >= 0.6 is 0 Å². The van der Waals surface area contributed by atoms with Crippen LogP contribution in [0.2, 0.25) is 0 Å². The SMILES string of the molecule is COc1ccc(C(=O)OCC(=O)N[C@H](C)CCc2ccccc2)c(OC)c1. The molecule has 27 heavy (non-hydrogen) atoms. The topological polar surface area (TPSA) is 73.9 Å². The van der Waals surface area contributed by atoms with Crippen LogP contribution in [-0.2, 0) is 16.0 Å². The lowest BCUT2D eigenvalue weighted by molar-refractivity contribution is -0.124. The Labute approximate surface area is 159 Å². The molecule has 0 aliphatic rings. The summed E-state index contributed by atoms with van der Waals surface area (Å²) in [6.45, 7) is 1.58. The van der Waals surface area contributed by atoms with Crippen molar-refractivity contribution in [1.82, 2.24) is 5.32 Å². The molecule has 6 heteroatoms. The van der Waals surface area contributed by atoms with Gasteiger partial charge in [-0.3, -0.25) is 4.79 Å². The maximum Gasteiger partial charge on any atom is 0.342 e. The van der Waals surface area contributed by atoms with Crippen LogP contribution in [0.4, 0.5) is 0 Å². The molecule has 0 aliphatic carbocycles. The highest BCUT2D eigenvalue weighted by molar-refractivity contribution is 5.94. The Morgan fingerprint density at radius 2 is 1.78 bits per heavy atom. The predicted octanol–water partition coefficient (Wildman–Crippen LogP) is 3.00. The minimum Gasteiger partial charge on any atom is -0.497 e. The van der Waals surface area contributed by atoms with Gasteiger partial charge in [0.1, 0.15) is 17.1 Å². The average molecular weight is 371 g/mol. The fourth-order valence-electron chi connectivity index (χ4n) is 2.59. The van der Waals surface area contributed by atoms with Gasteiger partial charge in [-0.15, -0.1) is 0 Å². The van der Waals surface area contributed by atoms with Crippen molar-refractivity contribution in [3.63, 3.8) is 0 Å². The molecule has 0 unspecified atom stereocenters. The number of hydrogen-bond acceptors (Lipinski definition) is 5. The summed E-state index contributed by atoms with van der Waals surface area (Å²) in [7, 11) is 2.97. The van der Waals surface area contributed by atoms with E-state index in [0.717, 1.165) is 12.8 Å². The molecule has 0 bridgehead atoms. The van der Waals surface area contributed by atoms with Crippen LogP contribution in [0.3, 0.4) is 0 Å². The van der Waals surface area contributed by atoms with Crippen LogP contribution in [-0.4, -0.2) is 38.7 Å². The Bertz CT molecular complexity index is 760. The number of carbonyl (C=O) groups is 2. The van der Waals surface area contributed by atoms with Gasteiger partial charge in [0.15, 0.2) is 6.61 Å². The van der Waals surface area contributed by atoms with E-state index in [1.54, 1.807) is 18.2 Å². The van der Waals surface area contributed by atoms with Crippen LogP contribution in [0.5, 0.6) is 11.5 Å². The molecule has 2 rings (SSSR count). The van der Waals surface area contributed by atoms with Gasteiger partial charge in [0.2, 0.25) is 0 Å². The molecular weight excluding hydrogens is 346 g/mol. The molecule has 1 N–H and O–H groups in total. The molecule has 2 aromatic carbocycles. The third-order valence-electron chi connectivity index (χ3n) is 4.08. The number of benzene rings is 2. The first kappa shape index (κ1) is 20.3. The average Bonchev–Trinajstić information content (AvgIpc) is 2.70. The van der Waals surface area contributed by atoms with Gasteiger partial charge in [-0.25, -0.2) is 4.79 Å². The van der Waals surface area contributed by atoms with Gasteiger partial charge >= 0.3 is 5.97 Å². The maximum atomic E-state index is 12.2. The molecule has 0 aliphatic heterocycles. The summed E-state index contributed by atoms with van der Waals surface area (Å²) in [6.07, 6.45) is 1.67. The Morgan fingerprint density at radius 1 is 1.04 bits per heavy atom. The highest BCUT2D eigenvalue weighted by Crippen LogP contribution is 2.25. The summed E-state index contributed by atoms with van der Waals surface area (Å²) in [5.74, 6) is -0.0673. The van der Waals surface area contributed by atoms with Crippen LogP contribution in [0.1, 0.15) is 29.3 Å². The van der Waals surface area contributed by atoms with Crippen molar-refractivity contribution in [3.8, 4) is 11.5 Å². The molecule has 144 valence electrons. The molecule has 0 fully saturated rings. The van der Waals surface area contributed by atoms with Gasteiger partial charge in [-0.1, -0.05) is 30.3 Å². The second-order valence-corrected chi connectivity index (χ2v) is 6.14. The van der Waals surface area contributed by atoms with Crippen LogP contribution in [0, 0.1) is 0 Å². The Balaban J connectivity index is 1.80. The minimum atomic E-state index is -0.624. The van der Waals surface area contributed by atoms with Crippen molar-refractivity contribution >= 4 is 11.9 Å². The largest absolute Gasteiger partial charge is 0.497 e. The van der Waals surface area contributed by atoms with Gasteiger partial charge in [0.05, 0.1) is 14.2 Å². The highest BCUT2D eigenvalue weighted by Gasteiger charge is 2.17. The zero-order valence-corrected chi connectivity index (χ0v) is 15.9. The Morgan fingerprint density at radius 3 is 2.44 bits per heavy atom. The summed E-state index contributed by atoms with van der Waals surface area (Å²) in [6, 6.07) is 14.8. The quantitative estimate of drug-likeness (QED) is 0.686. The summed E-state index contributed by atoms with van der Waals surface area (Å²) in [4.78, 5) is 24.2. The molecule has 0 saturated heterocycles. The maximum absolute atomic E-state index is 12.2. The molecule has 1 atom stereocenters. The Hall–Kier alpha value is -3.02. The standard InChI is InChI=1S/C21H25NO5/c1-15(9-10-16-7-5-4-6-8-16)22-20(23)14-27-21(24)18-12-11-17(25-2)13-19(18)26-3/h4-8,11-13,15H,9-10,14H2,1-3H3,(H,22,23)/t15-/m1/s1. The number of esters is 1. The Kier molecular flexibility index (Phi) is 7.67. The first-order valence-corrected chi connectivity index (χ1v) is 8.76. The third kappa shape index (κ3) is 6.33. The van der Waals surface area contributed by atoms with E-state index in [1.165, 1.54) is 19.8 Å². The number of hydrogen-bond donors (Lipinski definition) is 1. The minimum absolute atomic E-state index is 0.0214. The second-order valence-electron chi connectivity index (χ2n) is 6.14. The van der Waals surface area contributed by atoms with Gasteiger partial charge in [0, 0.05) is 12.1 Å². The zero-order chi connectivity index (χ0) is 19.6.